The largest absolute Gasteiger partial charge is 0.468 e. The van der Waals surface area contributed by atoms with E-state index in [1.165, 1.54) is 18.4 Å². The average molecular weight is 294 g/mol. The van der Waals surface area contributed by atoms with E-state index < -0.39 is 0 Å². The van der Waals surface area contributed by atoms with Crippen molar-refractivity contribution in [3.63, 3.8) is 0 Å². The second kappa shape index (κ2) is 8.92. The number of aryl methyl sites for hydroxylation is 1. The Morgan fingerprint density at radius 1 is 0.864 bits per heavy atom. The maximum absolute atomic E-state index is 5.35. The molecule has 0 aliphatic rings. The molecule has 2 heteroatoms. The minimum absolute atomic E-state index is 0.259. The van der Waals surface area contributed by atoms with Gasteiger partial charge in [-0.1, -0.05) is 37.3 Å². The monoisotopic (exact) mass is 294 g/mol. The van der Waals surface area contributed by atoms with E-state index in [1.54, 1.807) is 7.11 Å². The van der Waals surface area contributed by atoms with Crippen molar-refractivity contribution in [2.24, 2.45) is 0 Å². The van der Waals surface area contributed by atoms with Crippen molar-refractivity contribution in [1.29, 1.82) is 0 Å². The number of unbranched alkanes of at least 4 members (excludes halogenated alkanes) is 1. The lowest BCUT2D eigenvalue weighted by atomic mass is 10.1. The Bertz CT molecular complexity index is 560. The van der Waals surface area contributed by atoms with Crippen LogP contribution in [0.1, 0.15) is 36.5 Å². The van der Waals surface area contributed by atoms with Gasteiger partial charge in [0.15, 0.2) is 6.79 Å². The first-order valence-corrected chi connectivity index (χ1v) is 7.64. The molecule has 0 saturated carbocycles. The van der Waals surface area contributed by atoms with Gasteiger partial charge in [-0.3, -0.25) is 0 Å². The van der Waals surface area contributed by atoms with Crippen molar-refractivity contribution in [3.8, 4) is 17.6 Å². The van der Waals surface area contributed by atoms with Crippen LogP contribution in [0.3, 0.4) is 0 Å². The van der Waals surface area contributed by atoms with Crippen molar-refractivity contribution < 1.29 is 9.47 Å². The Balaban J connectivity index is 1.97. The summed E-state index contributed by atoms with van der Waals surface area (Å²) >= 11 is 0. The lowest BCUT2D eigenvalue weighted by molar-refractivity contribution is 0.0511. The molecule has 0 N–H and O–H groups in total. The SMILES string of the molecule is CCCCc1ccc(C#Cc2ccc(OCOC)cc2)cc1. The predicted octanol–water partition coefficient (Wildman–Crippen LogP) is 4.41. The fourth-order valence-electron chi connectivity index (χ4n) is 2.04. The van der Waals surface area contributed by atoms with Crippen LogP contribution >= 0.6 is 0 Å². The standard InChI is InChI=1S/C20H22O2/c1-3-4-5-17-6-8-18(9-7-17)10-11-19-12-14-20(15-13-19)22-16-21-2/h6-9,12-15H,3-5,16H2,1-2H3. The summed E-state index contributed by atoms with van der Waals surface area (Å²) in [4.78, 5) is 0. The van der Waals surface area contributed by atoms with Crippen LogP contribution in [0.5, 0.6) is 5.75 Å². The first kappa shape index (κ1) is 16.1. The maximum Gasteiger partial charge on any atom is 0.188 e. The molecule has 0 aliphatic carbocycles. The number of hydrogen-bond acceptors (Lipinski definition) is 2. The summed E-state index contributed by atoms with van der Waals surface area (Å²) in [6.07, 6.45) is 3.61. The van der Waals surface area contributed by atoms with Crippen LogP contribution in [-0.2, 0) is 11.2 Å². The highest BCUT2D eigenvalue weighted by Gasteiger charge is 1.94. The third-order valence-electron chi connectivity index (χ3n) is 3.32. The highest BCUT2D eigenvalue weighted by atomic mass is 16.7. The van der Waals surface area contributed by atoms with Gasteiger partial charge in [0.2, 0.25) is 0 Å². The van der Waals surface area contributed by atoms with E-state index in [2.05, 4.69) is 43.0 Å². The third-order valence-corrected chi connectivity index (χ3v) is 3.32. The third kappa shape index (κ3) is 5.27. The number of methoxy groups -OCH3 is 1. The quantitative estimate of drug-likeness (QED) is 0.580. The molecule has 0 bridgehead atoms. The van der Waals surface area contributed by atoms with E-state index in [-0.39, 0.29) is 6.79 Å². The normalized spacial score (nSPS) is 9.91. The molecule has 0 unspecified atom stereocenters. The Morgan fingerprint density at radius 3 is 2.00 bits per heavy atom. The first-order chi connectivity index (χ1) is 10.8. The zero-order chi connectivity index (χ0) is 15.6. The molecular formula is C20H22O2. The summed E-state index contributed by atoms with van der Waals surface area (Å²) in [6.45, 7) is 2.47. The van der Waals surface area contributed by atoms with Crippen molar-refractivity contribution in [2.75, 3.05) is 13.9 Å². The highest BCUT2D eigenvalue weighted by Crippen LogP contribution is 2.12. The van der Waals surface area contributed by atoms with E-state index in [9.17, 15) is 0 Å². The highest BCUT2D eigenvalue weighted by molar-refractivity contribution is 5.44. The second-order valence-electron chi connectivity index (χ2n) is 5.13. The van der Waals surface area contributed by atoms with E-state index in [0.29, 0.717) is 0 Å². The lowest BCUT2D eigenvalue weighted by Gasteiger charge is -2.03. The molecule has 0 aliphatic heterocycles. The molecule has 114 valence electrons. The van der Waals surface area contributed by atoms with Crippen molar-refractivity contribution >= 4 is 0 Å². The van der Waals surface area contributed by atoms with Crippen LogP contribution in [0.4, 0.5) is 0 Å². The molecule has 2 rings (SSSR count). The molecule has 0 amide bonds. The van der Waals surface area contributed by atoms with Crippen LogP contribution in [0.25, 0.3) is 0 Å². The summed E-state index contributed by atoms with van der Waals surface area (Å²) in [5.41, 5.74) is 3.40. The van der Waals surface area contributed by atoms with Crippen LogP contribution < -0.4 is 4.74 Å². The van der Waals surface area contributed by atoms with Crippen molar-refractivity contribution in [3.05, 3.63) is 65.2 Å². The minimum Gasteiger partial charge on any atom is -0.468 e. The fraction of sp³-hybridized carbons (Fsp3) is 0.300. The summed E-state index contributed by atoms with van der Waals surface area (Å²) in [6, 6.07) is 16.2. The maximum atomic E-state index is 5.35. The topological polar surface area (TPSA) is 18.5 Å². The van der Waals surface area contributed by atoms with Crippen molar-refractivity contribution in [2.45, 2.75) is 26.2 Å². The van der Waals surface area contributed by atoms with Gasteiger partial charge in [0.05, 0.1) is 0 Å². The molecule has 0 heterocycles. The van der Waals surface area contributed by atoms with Crippen LogP contribution in [0.15, 0.2) is 48.5 Å². The lowest BCUT2D eigenvalue weighted by Crippen LogP contribution is -1.98. The predicted molar refractivity (Wildman–Crippen MR) is 90.0 cm³/mol. The van der Waals surface area contributed by atoms with E-state index >= 15 is 0 Å². The molecule has 2 aromatic rings. The summed E-state index contributed by atoms with van der Waals surface area (Å²) in [7, 11) is 1.60. The molecule has 2 nitrogen and oxygen atoms in total. The summed E-state index contributed by atoms with van der Waals surface area (Å²) in [5, 5.41) is 0. The van der Waals surface area contributed by atoms with Gasteiger partial charge in [0.1, 0.15) is 5.75 Å². The molecular weight excluding hydrogens is 272 g/mol. The number of ether oxygens (including phenoxy) is 2. The van der Waals surface area contributed by atoms with E-state index in [1.807, 2.05) is 24.3 Å². The molecule has 0 saturated heterocycles. The Morgan fingerprint density at radius 2 is 1.45 bits per heavy atom. The van der Waals surface area contributed by atoms with Gasteiger partial charge in [0.25, 0.3) is 0 Å². The number of benzene rings is 2. The van der Waals surface area contributed by atoms with Crippen LogP contribution in [-0.4, -0.2) is 13.9 Å². The zero-order valence-electron chi connectivity index (χ0n) is 13.3. The van der Waals surface area contributed by atoms with E-state index in [0.717, 1.165) is 23.3 Å². The zero-order valence-corrected chi connectivity index (χ0v) is 13.3. The molecule has 0 fully saturated rings. The fourth-order valence-corrected chi connectivity index (χ4v) is 2.04. The Hall–Kier alpha value is -2.24. The molecule has 0 spiro atoms. The summed E-state index contributed by atoms with van der Waals surface area (Å²) < 4.78 is 10.2. The van der Waals surface area contributed by atoms with Gasteiger partial charge in [-0.15, -0.1) is 0 Å². The second-order valence-corrected chi connectivity index (χ2v) is 5.13. The molecule has 22 heavy (non-hydrogen) atoms. The average Bonchev–Trinajstić information content (AvgIpc) is 2.58. The minimum atomic E-state index is 0.259. The van der Waals surface area contributed by atoms with Gasteiger partial charge >= 0.3 is 0 Å². The first-order valence-electron chi connectivity index (χ1n) is 7.64. The molecule has 0 radical (unpaired) electrons. The van der Waals surface area contributed by atoms with Crippen LogP contribution in [0, 0.1) is 11.8 Å². The van der Waals surface area contributed by atoms with Crippen molar-refractivity contribution in [1.82, 2.24) is 0 Å². The Labute approximate surface area is 133 Å². The smallest absolute Gasteiger partial charge is 0.188 e. The summed E-state index contributed by atoms with van der Waals surface area (Å²) in [5.74, 6) is 7.15. The molecule has 0 atom stereocenters. The van der Waals surface area contributed by atoms with Gasteiger partial charge in [-0.2, -0.15) is 0 Å². The van der Waals surface area contributed by atoms with Gasteiger partial charge < -0.3 is 9.47 Å². The Kier molecular flexibility index (Phi) is 6.54. The van der Waals surface area contributed by atoms with Gasteiger partial charge in [-0.05, 0) is 54.8 Å². The van der Waals surface area contributed by atoms with E-state index in [4.69, 9.17) is 9.47 Å². The molecule has 0 aromatic heterocycles. The van der Waals surface area contributed by atoms with Crippen LogP contribution in [0.2, 0.25) is 0 Å². The van der Waals surface area contributed by atoms with Gasteiger partial charge in [0, 0.05) is 18.2 Å². The molecule has 2 aromatic carbocycles. The van der Waals surface area contributed by atoms with Gasteiger partial charge in [-0.25, -0.2) is 0 Å². The number of rotatable bonds is 6. The number of hydrogen-bond donors (Lipinski definition) is 0.